The molecular weight excluding hydrogens is 240 g/mol. The second-order valence-corrected chi connectivity index (χ2v) is 5.41. The van der Waals surface area contributed by atoms with E-state index < -0.39 is 10.0 Å². The second kappa shape index (κ2) is 6.00. The lowest BCUT2D eigenvalue weighted by molar-refractivity contribution is 0.180. The number of para-hydroxylation sites is 1. The molecule has 1 aromatic carbocycles. The van der Waals surface area contributed by atoms with Gasteiger partial charge in [0, 0.05) is 20.2 Å². The van der Waals surface area contributed by atoms with Crippen LogP contribution in [0.5, 0.6) is 0 Å². The number of sulfonamides is 1. The Morgan fingerprint density at radius 2 is 2.00 bits per heavy atom. The summed E-state index contributed by atoms with van der Waals surface area (Å²) in [5.41, 5.74) is 0.574. The normalized spacial score (nSPS) is 13.4. The van der Waals surface area contributed by atoms with Gasteiger partial charge in [0.05, 0.1) is 12.3 Å². The number of nitrogens with one attached hydrogen (secondary N) is 2. The predicted octanol–water partition coefficient (Wildman–Crippen LogP) is 1.04. The van der Waals surface area contributed by atoms with Crippen LogP contribution in [-0.4, -0.2) is 35.2 Å². The topological polar surface area (TPSA) is 67.4 Å². The molecule has 1 aromatic rings. The average Bonchev–Trinajstić information content (AvgIpc) is 2.28. The molecule has 17 heavy (non-hydrogen) atoms. The van der Waals surface area contributed by atoms with Gasteiger partial charge in [-0.25, -0.2) is 13.1 Å². The fourth-order valence-electron chi connectivity index (χ4n) is 1.52. The van der Waals surface area contributed by atoms with Crippen LogP contribution in [0.1, 0.15) is 6.92 Å². The van der Waals surface area contributed by atoms with Gasteiger partial charge in [0.1, 0.15) is 4.90 Å². The highest BCUT2D eigenvalue weighted by atomic mass is 32.2. The van der Waals surface area contributed by atoms with Gasteiger partial charge in [0.15, 0.2) is 0 Å². The Bertz CT molecular complexity index is 460. The van der Waals surface area contributed by atoms with Crippen molar-refractivity contribution >= 4 is 15.7 Å². The molecule has 0 amide bonds. The van der Waals surface area contributed by atoms with Crippen LogP contribution in [0.4, 0.5) is 5.69 Å². The van der Waals surface area contributed by atoms with Crippen LogP contribution >= 0.6 is 0 Å². The van der Waals surface area contributed by atoms with E-state index in [1.165, 1.54) is 7.11 Å². The smallest absolute Gasteiger partial charge is 0.242 e. The van der Waals surface area contributed by atoms with Gasteiger partial charge in [-0.05, 0) is 19.1 Å². The summed E-state index contributed by atoms with van der Waals surface area (Å²) in [6, 6.07) is 6.48. The molecule has 0 aliphatic rings. The molecule has 0 spiro atoms. The van der Waals surface area contributed by atoms with Crippen molar-refractivity contribution in [1.29, 1.82) is 0 Å². The maximum absolute atomic E-state index is 12.1. The first-order valence-electron chi connectivity index (χ1n) is 5.29. The van der Waals surface area contributed by atoms with Gasteiger partial charge in [-0.3, -0.25) is 0 Å². The zero-order valence-corrected chi connectivity index (χ0v) is 11.0. The van der Waals surface area contributed by atoms with Gasteiger partial charge in [-0.1, -0.05) is 12.1 Å². The molecule has 0 bridgehead atoms. The van der Waals surface area contributed by atoms with Crippen molar-refractivity contribution < 1.29 is 13.2 Å². The summed E-state index contributed by atoms with van der Waals surface area (Å²) in [6.07, 6.45) is 0. The van der Waals surface area contributed by atoms with Gasteiger partial charge in [-0.15, -0.1) is 0 Å². The number of anilines is 1. The van der Waals surface area contributed by atoms with Crippen molar-refractivity contribution in [1.82, 2.24) is 4.72 Å². The molecule has 0 aromatic heterocycles. The van der Waals surface area contributed by atoms with Crippen LogP contribution in [-0.2, 0) is 14.8 Å². The first-order valence-corrected chi connectivity index (χ1v) is 6.77. The van der Waals surface area contributed by atoms with E-state index in [0.29, 0.717) is 12.3 Å². The van der Waals surface area contributed by atoms with E-state index in [1.807, 2.05) is 0 Å². The Hall–Kier alpha value is -1.11. The lowest BCUT2D eigenvalue weighted by Gasteiger charge is -2.15. The van der Waals surface area contributed by atoms with Crippen molar-refractivity contribution in [2.75, 3.05) is 26.1 Å². The lowest BCUT2D eigenvalue weighted by Crippen LogP contribution is -2.35. The molecule has 0 aliphatic heterocycles. The van der Waals surface area contributed by atoms with Gasteiger partial charge in [0.25, 0.3) is 0 Å². The predicted molar refractivity (Wildman–Crippen MR) is 67.6 cm³/mol. The quantitative estimate of drug-likeness (QED) is 0.800. The minimum atomic E-state index is -3.52. The van der Waals surface area contributed by atoms with Gasteiger partial charge >= 0.3 is 0 Å². The molecule has 0 heterocycles. The third-order valence-corrected chi connectivity index (χ3v) is 3.87. The summed E-state index contributed by atoms with van der Waals surface area (Å²) in [5, 5.41) is 2.86. The van der Waals surface area contributed by atoms with E-state index in [-0.39, 0.29) is 10.9 Å². The Morgan fingerprint density at radius 3 is 2.59 bits per heavy atom. The minimum absolute atomic E-state index is 0.241. The fraction of sp³-hybridized carbons (Fsp3) is 0.455. The van der Waals surface area contributed by atoms with E-state index in [9.17, 15) is 8.42 Å². The zero-order valence-electron chi connectivity index (χ0n) is 10.2. The molecule has 0 saturated heterocycles. The summed E-state index contributed by atoms with van der Waals surface area (Å²) < 4.78 is 31.6. The number of rotatable bonds is 6. The molecule has 0 aliphatic carbocycles. The van der Waals surface area contributed by atoms with Crippen LogP contribution in [0.3, 0.4) is 0 Å². The Balaban J connectivity index is 2.97. The highest BCUT2D eigenvalue weighted by Gasteiger charge is 2.19. The summed E-state index contributed by atoms with van der Waals surface area (Å²) in [7, 11) is -0.295. The third kappa shape index (κ3) is 3.69. The summed E-state index contributed by atoms with van der Waals surface area (Å²) in [4.78, 5) is 0.241. The monoisotopic (exact) mass is 258 g/mol. The summed E-state index contributed by atoms with van der Waals surface area (Å²) in [6.45, 7) is 2.09. The highest BCUT2D eigenvalue weighted by molar-refractivity contribution is 7.89. The largest absolute Gasteiger partial charge is 0.387 e. The number of ether oxygens (including phenoxy) is 1. The van der Waals surface area contributed by atoms with Crippen molar-refractivity contribution in [3.8, 4) is 0 Å². The SMILES string of the molecule is CNc1ccccc1S(=O)(=O)NC(C)COC. The Kier molecular flexibility index (Phi) is 4.92. The molecule has 0 fully saturated rings. The first-order chi connectivity index (χ1) is 8.01. The van der Waals surface area contributed by atoms with Crippen LogP contribution in [0.25, 0.3) is 0 Å². The first kappa shape index (κ1) is 14.0. The Labute approximate surface area is 102 Å². The number of hydrogen-bond donors (Lipinski definition) is 2. The van der Waals surface area contributed by atoms with E-state index >= 15 is 0 Å². The highest BCUT2D eigenvalue weighted by Crippen LogP contribution is 2.20. The summed E-state index contributed by atoms with van der Waals surface area (Å²) in [5.74, 6) is 0. The molecule has 1 rings (SSSR count). The second-order valence-electron chi connectivity index (χ2n) is 3.72. The van der Waals surface area contributed by atoms with E-state index in [4.69, 9.17) is 4.74 Å². The van der Waals surface area contributed by atoms with Crippen LogP contribution in [0.2, 0.25) is 0 Å². The molecule has 6 heteroatoms. The average molecular weight is 258 g/mol. The maximum atomic E-state index is 12.1. The Morgan fingerprint density at radius 1 is 1.35 bits per heavy atom. The molecule has 5 nitrogen and oxygen atoms in total. The summed E-state index contributed by atoms with van der Waals surface area (Å²) >= 11 is 0. The molecular formula is C11H18N2O3S. The third-order valence-electron chi connectivity index (χ3n) is 2.22. The van der Waals surface area contributed by atoms with Gasteiger partial charge in [-0.2, -0.15) is 0 Å². The van der Waals surface area contributed by atoms with Gasteiger partial charge < -0.3 is 10.1 Å². The van der Waals surface area contributed by atoms with Crippen LogP contribution < -0.4 is 10.0 Å². The van der Waals surface area contributed by atoms with E-state index in [0.717, 1.165) is 0 Å². The zero-order chi connectivity index (χ0) is 12.9. The standard InChI is InChI=1S/C11H18N2O3S/c1-9(8-16-3)13-17(14,15)11-7-5-4-6-10(11)12-2/h4-7,9,12-13H,8H2,1-3H3. The molecule has 1 atom stereocenters. The minimum Gasteiger partial charge on any atom is -0.387 e. The number of methoxy groups -OCH3 is 1. The molecule has 2 N–H and O–H groups in total. The molecule has 0 radical (unpaired) electrons. The number of hydrogen-bond acceptors (Lipinski definition) is 4. The number of benzene rings is 1. The van der Waals surface area contributed by atoms with Gasteiger partial charge in [0.2, 0.25) is 10.0 Å². The maximum Gasteiger partial charge on any atom is 0.242 e. The fourth-order valence-corrected chi connectivity index (χ4v) is 2.96. The van der Waals surface area contributed by atoms with Crippen molar-refractivity contribution in [3.63, 3.8) is 0 Å². The van der Waals surface area contributed by atoms with Crippen LogP contribution in [0, 0.1) is 0 Å². The lowest BCUT2D eigenvalue weighted by atomic mass is 10.3. The molecule has 96 valence electrons. The van der Waals surface area contributed by atoms with E-state index in [1.54, 1.807) is 38.2 Å². The van der Waals surface area contributed by atoms with Crippen molar-refractivity contribution in [3.05, 3.63) is 24.3 Å². The molecule has 1 unspecified atom stereocenters. The molecule has 0 saturated carbocycles. The van der Waals surface area contributed by atoms with Crippen molar-refractivity contribution in [2.24, 2.45) is 0 Å². The van der Waals surface area contributed by atoms with Crippen LogP contribution in [0.15, 0.2) is 29.2 Å². The van der Waals surface area contributed by atoms with Crippen molar-refractivity contribution in [2.45, 2.75) is 17.9 Å². The van der Waals surface area contributed by atoms with E-state index in [2.05, 4.69) is 10.0 Å².